The molecule has 162 valence electrons. The smallest absolute Gasteiger partial charge is 0.319 e. The molecule has 0 saturated heterocycles. The van der Waals surface area contributed by atoms with Gasteiger partial charge < -0.3 is 10.6 Å². The molecule has 0 aliphatic rings. The van der Waals surface area contributed by atoms with Crippen LogP contribution in [-0.2, 0) is 4.79 Å². The Kier molecular flexibility index (Phi) is 7.48. The molecule has 0 fully saturated rings. The predicted molar refractivity (Wildman–Crippen MR) is 126 cm³/mol. The van der Waals surface area contributed by atoms with Crippen LogP contribution in [0.4, 0.5) is 15.6 Å². The van der Waals surface area contributed by atoms with Gasteiger partial charge in [0.15, 0.2) is 0 Å². The standard InChI is InChI=1S/C21H21Cl2N5O2S/c1-11(2)17(25-20(30)24-15-6-4-5-14(22)16(15)23)18(29)26-21-28-27-19(31-21)13-9-7-12(3)8-10-13/h4-11,17H,1-3H3,(H2,24,25,30)(H,26,28,29)/t17-/m1/s1. The van der Waals surface area contributed by atoms with Crippen molar-refractivity contribution in [2.75, 3.05) is 10.6 Å². The number of halogens is 2. The molecule has 10 heteroatoms. The van der Waals surface area contributed by atoms with E-state index in [1.807, 2.05) is 45.0 Å². The van der Waals surface area contributed by atoms with Crippen molar-refractivity contribution >= 4 is 57.3 Å². The van der Waals surface area contributed by atoms with Crippen LogP contribution in [0.25, 0.3) is 10.6 Å². The normalized spacial score (nSPS) is 11.8. The highest BCUT2D eigenvalue weighted by Gasteiger charge is 2.25. The molecule has 0 aliphatic carbocycles. The fourth-order valence-electron chi connectivity index (χ4n) is 2.70. The van der Waals surface area contributed by atoms with Gasteiger partial charge in [0.25, 0.3) is 0 Å². The summed E-state index contributed by atoms with van der Waals surface area (Å²) in [6, 6.07) is 11.4. The lowest BCUT2D eigenvalue weighted by Gasteiger charge is -2.21. The number of nitrogens with one attached hydrogen (secondary N) is 3. The number of rotatable bonds is 6. The van der Waals surface area contributed by atoms with E-state index in [-0.39, 0.29) is 10.9 Å². The van der Waals surface area contributed by atoms with Crippen molar-refractivity contribution in [3.05, 3.63) is 58.1 Å². The van der Waals surface area contributed by atoms with Crippen molar-refractivity contribution in [1.29, 1.82) is 0 Å². The molecule has 7 nitrogen and oxygen atoms in total. The summed E-state index contributed by atoms with van der Waals surface area (Å²) in [6.07, 6.45) is 0. The highest BCUT2D eigenvalue weighted by Crippen LogP contribution is 2.29. The fourth-order valence-corrected chi connectivity index (χ4v) is 3.80. The Morgan fingerprint density at radius 1 is 1.00 bits per heavy atom. The minimum absolute atomic E-state index is 0.176. The maximum Gasteiger partial charge on any atom is 0.319 e. The Morgan fingerprint density at radius 3 is 2.39 bits per heavy atom. The lowest BCUT2D eigenvalue weighted by atomic mass is 10.0. The van der Waals surface area contributed by atoms with Gasteiger partial charge in [0.05, 0.1) is 15.7 Å². The zero-order valence-electron chi connectivity index (χ0n) is 17.1. The molecule has 1 heterocycles. The topological polar surface area (TPSA) is 96.0 Å². The minimum atomic E-state index is -0.801. The molecule has 3 aromatic rings. The summed E-state index contributed by atoms with van der Waals surface area (Å²) in [6.45, 7) is 5.66. The number of urea groups is 1. The number of amides is 3. The summed E-state index contributed by atoms with van der Waals surface area (Å²) in [5.74, 6) is -0.570. The van der Waals surface area contributed by atoms with Crippen molar-refractivity contribution in [2.24, 2.45) is 5.92 Å². The Hall–Kier alpha value is -2.68. The van der Waals surface area contributed by atoms with E-state index in [4.69, 9.17) is 23.2 Å². The van der Waals surface area contributed by atoms with Crippen LogP contribution in [0.5, 0.6) is 0 Å². The van der Waals surface area contributed by atoms with Crippen molar-refractivity contribution in [3.8, 4) is 10.6 Å². The van der Waals surface area contributed by atoms with E-state index < -0.39 is 18.0 Å². The Balaban J connectivity index is 1.66. The molecule has 0 radical (unpaired) electrons. The third-order valence-electron chi connectivity index (χ3n) is 4.39. The van der Waals surface area contributed by atoms with Crippen LogP contribution in [0.3, 0.4) is 0 Å². The van der Waals surface area contributed by atoms with Gasteiger partial charge in [0.1, 0.15) is 11.0 Å². The quantitative estimate of drug-likeness (QED) is 0.430. The Morgan fingerprint density at radius 2 is 1.71 bits per heavy atom. The minimum Gasteiger partial charge on any atom is -0.326 e. The van der Waals surface area contributed by atoms with Gasteiger partial charge in [-0.15, -0.1) is 10.2 Å². The van der Waals surface area contributed by atoms with Crippen LogP contribution in [0.15, 0.2) is 42.5 Å². The van der Waals surface area contributed by atoms with Gasteiger partial charge in [0, 0.05) is 5.56 Å². The van der Waals surface area contributed by atoms with E-state index in [1.165, 1.54) is 11.3 Å². The van der Waals surface area contributed by atoms with Gasteiger partial charge in [-0.1, -0.05) is 84.3 Å². The van der Waals surface area contributed by atoms with Crippen LogP contribution in [0.1, 0.15) is 19.4 Å². The van der Waals surface area contributed by atoms with Crippen molar-refractivity contribution in [3.63, 3.8) is 0 Å². The third kappa shape index (κ3) is 5.94. The van der Waals surface area contributed by atoms with Crippen LogP contribution in [0.2, 0.25) is 10.0 Å². The summed E-state index contributed by atoms with van der Waals surface area (Å²) in [4.78, 5) is 25.2. The van der Waals surface area contributed by atoms with Gasteiger partial charge >= 0.3 is 6.03 Å². The molecule has 3 amide bonds. The highest BCUT2D eigenvalue weighted by atomic mass is 35.5. The monoisotopic (exact) mass is 477 g/mol. The predicted octanol–water partition coefficient (Wildman–Crippen LogP) is 5.61. The van der Waals surface area contributed by atoms with Crippen molar-refractivity contribution in [2.45, 2.75) is 26.8 Å². The largest absolute Gasteiger partial charge is 0.326 e. The number of aryl methyl sites for hydroxylation is 1. The number of nitrogens with zero attached hydrogens (tertiary/aromatic N) is 2. The molecule has 31 heavy (non-hydrogen) atoms. The SMILES string of the molecule is Cc1ccc(-c2nnc(NC(=O)[C@H](NC(=O)Nc3cccc(Cl)c3Cl)C(C)C)s2)cc1. The van der Waals surface area contributed by atoms with Crippen LogP contribution >= 0.6 is 34.5 Å². The fraction of sp³-hybridized carbons (Fsp3) is 0.238. The third-order valence-corrected chi connectivity index (χ3v) is 6.10. The second-order valence-electron chi connectivity index (χ2n) is 7.19. The van der Waals surface area contributed by atoms with Gasteiger partial charge in [0.2, 0.25) is 11.0 Å². The van der Waals surface area contributed by atoms with E-state index in [0.29, 0.717) is 20.8 Å². The Bertz CT molecular complexity index is 1090. The molecule has 0 spiro atoms. The second-order valence-corrected chi connectivity index (χ2v) is 8.95. The Labute approximate surface area is 194 Å². The number of benzene rings is 2. The molecular formula is C21H21Cl2N5O2S. The summed E-state index contributed by atoms with van der Waals surface area (Å²) < 4.78 is 0. The molecule has 3 rings (SSSR count). The molecule has 1 atom stereocenters. The zero-order valence-corrected chi connectivity index (χ0v) is 19.4. The summed E-state index contributed by atoms with van der Waals surface area (Å²) >= 11 is 13.3. The first-order valence-electron chi connectivity index (χ1n) is 9.47. The molecule has 0 aliphatic heterocycles. The zero-order chi connectivity index (χ0) is 22.5. The lowest BCUT2D eigenvalue weighted by molar-refractivity contribution is -0.118. The van der Waals surface area contributed by atoms with E-state index in [9.17, 15) is 9.59 Å². The molecule has 2 aromatic carbocycles. The number of aromatic nitrogens is 2. The summed E-state index contributed by atoms with van der Waals surface area (Å²) in [5.41, 5.74) is 2.41. The maximum atomic E-state index is 12.8. The molecule has 0 bridgehead atoms. The first-order valence-corrected chi connectivity index (χ1v) is 11.0. The molecule has 1 aromatic heterocycles. The van der Waals surface area contributed by atoms with Crippen molar-refractivity contribution < 1.29 is 9.59 Å². The second kappa shape index (κ2) is 10.1. The molecular weight excluding hydrogens is 457 g/mol. The van der Waals surface area contributed by atoms with Gasteiger partial charge in [-0.05, 0) is 25.0 Å². The summed E-state index contributed by atoms with van der Waals surface area (Å²) in [5, 5.41) is 17.8. The number of carbonyl (C=O) groups excluding carboxylic acids is 2. The van der Waals surface area contributed by atoms with Gasteiger partial charge in [-0.3, -0.25) is 10.1 Å². The van der Waals surface area contributed by atoms with Gasteiger partial charge in [-0.25, -0.2) is 4.79 Å². The lowest BCUT2D eigenvalue weighted by Crippen LogP contribution is -2.48. The first kappa shape index (κ1) is 23.0. The number of anilines is 2. The van der Waals surface area contributed by atoms with E-state index in [0.717, 1.165) is 11.1 Å². The first-order chi connectivity index (χ1) is 14.7. The molecule has 3 N–H and O–H groups in total. The average molecular weight is 478 g/mol. The van der Waals surface area contributed by atoms with E-state index >= 15 is 0 Å². The van der Waals surface area contributed by atoms with Crippen LogP contribution in [0, 0.1) is 12.8 Å². The van der Waals surface area contributed by atoms with E-state index in [2.05, 4.69) is 26.1 Å². The molecule has 0 unspecified atom stereocenters. The number of carbonyl (C=O) groups is 2. The van der Waals surface area contributed by atoms with Gasteiger partial charge in [-0.2, -0.15) is 0 Å². The number of hydrogen-bond donors (Lipinski definition) is 3. The highest BCUT2D eigenvalue weighted by molar-refractivity contribution is 7.18. The van der Waals surface area contributed by atoms with E-state index in [1.54, 1.807) is 18.2 Å². The maximum absolute atomic E-state index is 12.8. The van der Waals surface area contributed by atoms with Crippen LogP contribution < -0.4 is 16.0 Å². The summed E-state index contributed by atoms with van der Waals surface area (Å²) in [7, 11) is 0. The van der Waals surface area contributed by atoms with Crippen molar-refractivity contribution in [1.82, 2.24) is 15.5 Å². The average Bonchev–Trinajstić information content (AvgIpc) is 3.18. The number of hydrogen-bond acceptors (Lipinski definition) is 5. The van der Waals surface area contributed by atoms with Crippen LogP contribution in [-0.4, -0.2) is 28.2 Å². The molecule has 0 saturated carbocycles.